The minimum atomic E-state index is -3.46. The highest BCUT2D eigenvalue weighted by atomic mass is 32.2. The van der Waals surface area contributed by atoms with E-state index in [1.807, 2.05) is 6.92 Å². The lowest BCUT2D eigenvalue weighted by molar-refractivity contribution is 0.0175. The maximum atomic E-state index is 12.0. The fourth-order valence-electron chi connectivity index (χ4n) is 2.61. The van der Waals surface area contributed by atoms with Gasteiger partial charge in [0.2, 0.25) is 0 Å². The first-order chi connectivity index (χ1) is 8.09. The Labute approximate surface area is 104 Å². The van der Waals surface area contributed by atoms with Crippen LogP contribution in [0.25, 0.3) is 0 Å². The van der Waals surface area contributed by atoms with Crippen LogP contribution in [0.15, 0.2) is 0 Å². The fraction of sp³-hybridized carbons (Fsp3) is 1.00. The SMILES string of the molecule is CC1CCCCN1S(=O)(=O)NOC1CCCC1. The van der Waals surface area contributed by atoms with E-state index in [0.29, 0.717) is 6.54 Å². The Bertz CT molecular complexity index is 339. The zero-order chi connectivity index (χ0) is 12.3. The van der Waals surface area contributed by atoms with Crippen molar-refractivity contribution in [2.75, 3.05) is 6.54 Å². The average Bonchev–Trinajstić information content (AvgIpc) is 2.80. The number of nitrogens with zero attached hydrogens (tertiary/aromatic N) is 1. The quantitative estimate of drug-likeness (QED) is 0.782. The molecule has 2 fully saturated rings. The van der Waals surface area contributed by atoms with Crippen LogP contribution in [0.5, 0.6) is 0 Å². The Morgan fingerprint density at radius 1 is 1.12 bits per heavy atom. The summed E-state index contributed by atoms with van der Waals surface area (Å²) in [5.74, 6) is 0. The average molecular weight is 262 g/mol. The molecule has 5 nitrogen and oxygen atoms in total. The van der Waals surface area contributed by atoms with Crippen molar-refractivity contribution in [3.8, 4) is 0 Å². The predicted molar refractivity (Wildman–Crippen MR) is 65.4 cm³/mol. The van der Waals surface area contributed by atoms with Crippen molar-refractivity contribution in [1.29, 1.82) is 0 Å². The molecule has 0 radical (unpaired) electrons. The molecule has 1 aliphatic heterocycles. The Morgan fingerprint density at radius 2 is 1.76 bits per heavy atom. The van der Waals surface area contributed by atoms with Crippen LogP contribution in [0.2, 0.25) is 0 Å². The summed E-state index contributed by atoms with van der Waals surface area (Å²) in [6.07, 6.45) is 7.22. The fourth-order valence-corrected chi connectivity index (χ4v) is 3.91. The summed E-state index contributed by atoms with van der Waals surface area (Å²) in [6, 6.07) is 0.0772. The molecule has 1 N–H and O–H groups in total. The summed E-state index contributed by atoms with van der Waals surface area (Å²) in [4.78, 5) is 7.59. The Balaban J connectivity index is 1.88. The molecule has 0 bridgehead atoms. The van der Waals surface area contributed by atoms with E-state index in [0.717, 1.165) is 44.9 Å². The second-order valence-electron chi connectivity index (χ2n) is 5.07. The van der Waals surface area contributed by atoms with E-state index in [1.165, 1.54) is 4.31 Å². The third-order valence-corrected chi connectivity index (χ3v) is 5.14. The maximum absolute atomic E-state index is 12.0. The minimum absolute atomic E-state index is 0.0601. The standard InChI is InChI=1S/C11H22N2O3S/c1-10-6-4-5-9-13(10)17(14,15)12-16-11-7-2-3-8-11/h10-12H,2-9H2,1H3. The summed E-state index contributed by atoms with van der Waals surface area (Å²) in [5, 5.41) is 0. The van der Waals surface area contributed by atoms with Crippen molar-refractivity contribution in [3.63, 3.8) is 0 Å². The van der Waals surface area contributed by atoms with Gasteiger partial charge < -0.3 is 0 Å². The molecule has 1 saturated heterocycles. The largest absolute Gasteiger partial charge is 0.301 e. The molecule has 17 heavy (non-hydrogen) atoms. The molecule has 1 unspecified atom stereocenters. The Morgan fingerprint density at radius 3 is 2.41 bits per heavy atom. The molecular formula is C11H22N2O3S. The third-order valence-electron chi connectivity index (χ3n) is 3.67. The molecule has 2 aliphatic rings. The van der Waals surface area contributed by atoms with Gasteiger partial charge in [0.25, 0.3) is 0 Å². The predicted octanol–water partition coefficient (Wildman–Crippen LogP) is 1.57. The van der Waals surface area contributed by atoms with Crippen molar-refractivity contribution < 1.29 is 13.3 Å². The second-order valence-corrected chi connectivity index (χ2v) is 6.65. The van der Waals surface area contributed by atoms with Gasteiger partial charge in [0.05, 0.1) is 6.10 Å². The number of hydrogen-bond acceptors (Lipinski definition) is 3. The van der Waals surface area contributed by atoms with Crippen molar-refractivity contribution >= 4 is 10.2 Å². The van der Waals surface area contributed by atoms with Crippen LogP contribution < -0.4 is 4.89 Å². The van der Waals surface area contributed by atoms with Crippen LogP contribution in [0, 0.1) is 0 Å². The van der Waals surface area contributed by atoms with Gasteiger partial charge in [-0.25, -0.2) is 0 Å². The first-order valence-electron chi connectivity index (χ1n) is 6.54. The number of piperidine rings is 1. The summed E-state index contributed by atoms with van der Waals surface area (Å²) < 4.78 is 25.6. The molecule has 1 atom stereocenters. The highest BCUT2D eigenvalue weighted by molar-refractivity contribution is 7.87. The first-order valence-corrected chi connectivity index (χ1v) is 7.98. The zero-order valence-corrected chi connectivity index (χ0v) is 11.2. The summed E-state index contributed by atoms with van der Waals surface area (Å²) >= 11 is 0. The molecule has 6 heteroatoms. The normalized spacial score (nSPS) is 28.6. The maximum Gasteiger partial charge on any atom is 0.301 e. The molecule has 1 heterocycles. The van der Waals surface area contributed by atoms with Crippen LogP contribution in [0.3, 0.4) is 0 Å². The zero-order valence-electron chi connectivity index (χ0n) is 10.4. The lowest BCUT2D eigenvalue weighted by atomic mass is 10.1. The monoisotopic (exact) mass is 262 g/mol. The molecule has 0 amide bonds. The van der Waals surface area contributed by atoms with Gasteiger partial charge in [0, 0.05) is 12.6 Å². The van der Waals surface area contributed by atoms with Gasteiger partial charge in [-0.1, -0.05) is 24.1 Å². The third kappa shape index (κ3) is 3.40. The van der Waals surface area contributed by atoms with E-state index in [9.17, 15) is 8.42 Å². The number of nitrogens with one attached hydrogen (secondary N) is 1. The van der Waals surface area contributed by atoms with Crippen LogP contribution in [-0.2, 0) is 15.0 Å². The number of rotatable bonds is 4. The lowest BCUT2D eigenvalue weighted by Gasteiger charge is -2.32. The highest BCUT2D eigenvalue weighted by Gasteiger charge is 2.30. The van der Waals surface area contributed by atoms with E-state index in [1.54, 1.807) is 0 Å². The molecular weight excluding hydrogens is 240 g/mol. The van der Waals surface area contributed by atoms with Gasteiger partial charge >= 0.3 is 10.2 Å². The van der Waals surface area contributed by atoms with E-state index in [-0.39, 0.29) is 12.1 Å². The molecule has 2 rings (SSSR count). The van der Waals surface area contributed by atoms with E-state index in [2.05, 4.69) is 4.89 Å². The van der Waals surface area contributed by atoms with E-state index >= 15 is 0 Å². The van der Waals surface area contributed by atoms with Crippen molar-refractivity contribution in [1.82, 2.24) is 9.19 Å². The van der Waals surface area contributed by atoms with Gasteiger partial charge in [-0.2, -0.15) is 12.7 Å². The number of hydrogen-bond donors (Lipinski definition) is 1. The van der Waals surface area contributed by atoms with Crippen molar-refractivity contribution in [3.05, 3.63) is 0 Å². The summed E-state index contributed by atoms with van der Waals surface area (Å²) in [7, 11) is -3.46. The molecule has 1 saturated carbocycles. The first kappa shape index (κ1) is 13.3. The Kier molecular flexibility index (Phi) is 4.41. The highest BCUT2D eigenvalue weighted by Crippen LogP contribution is 2.22. The van der Waals surface area contributed by atoms with Gasteiger partial charge in [-0.3, -0.25) is 4.84 Å². The van der Waals surface area contributed by atoms with Crippen LogP contribution in [0.1, 0.15) is 51.9 Å². The van der Waals surface area contributed by atoms with Gasteiger partial charge in [0.15, 0.2) is 0 Å². The molecule has 0 spiro atoms. The molecule has 1 aliphatic carbocycles. The second kappa shape index (κ2) is 5.65. The van der Waals surface area contributed by atoms with Crippen LogP contribution in [-0.4, -0.2) is 31.4 Å². The van der Waals surface area contributed by atoms with E-state index in [4.69, 9.17) is 4.84 Å². The minimum Gasteiger partial charge on any atom is -0.283 e. The van der Waals surface area contributed by atoms with E-state index < -0.39 is 10.2 Å². The van der Waals surface area contributed by atoms with Crippen molar-refractivity contribution in [2.45, 2.75) is 64.0 Å². The van der Waals surface area contributed by atoms with Gasteiger partial charge in [0.1, 0.15) is 0 Å². The topological polar surface area (TPSA) is 58.6 Å². The summed E-state index contributed by atoms with van der Waals surface area (Å²) in [6.45, 7) is 2.55. The van der Waals surface area contributed by atoms with Gasteiger partial charge in [-0.05, 0) is 32.6 Å². The smallest absolute Gasteiger partial charge is 0.283 e. The lowest BCUT2D eigenvalue weighted by Crippen LogP contribution is -2.48. The summed E-state index contributed by atoms with van der Waals surface area (Å²) in [5.41, 5.74) is 0. The Hall–Kier alpha value is -0.170. The molecule has 0 aromatic rings. The van der Waals surface area contributed by atoms with Crippen LogP contribution >= 0.6 is 0 Å². The molecule has 100 valence electrons. The van der Waals surface area contributed by atoms with Gasteiger partial charge in [-0.15, -0.1) is 0 Å². The van der Waals surface area contributed by atoms with Crippen molar-refractivity contribution in [2.24, 2.45) is 0 Å². The molecule has 0 aromatic heterocycles. The van der Waals surface area contributed by atoms with Crippen LogP contribution in [0.4, 0.5) is 0 Å². The molecule has 0 aromatic carbocycles.